The zero-order chi connectivity index (χ0) is 22.0. The maximum Gasteiger partial charge on any atom is 0.416 e. The van der Waals surface area contributed by atoms with Crippen LogP contribution in [0, 0.1) is 0 Å². The van der Waals surface area contributed by atoms with Crippen LogP contribution in [0.5, 0.6) is 0 Å². The number of hydrogen-bond donors (Lipinski definition) is 0. The van der Waals surface area contributed by atoms with E-state index in [9.17, 15) is 31.1 Å². The van der Waals surface area contributed by atoms with E-state index in [-0.39, 0.29) is 23.8 Å². The van der Waals surface area contributed by atoms with E-state index in [4.69, 9.17) is 0 Å². The Labute approximate surface area is 170 Å². The van der Waals surface area contributed by atoms with Crippen LogP contribution >= 0.6 is 0 Å². The maximum absolute atomic E-state index is 13.1. The molecular weight excluding hydrogens is 406 g/mol. The van der Waals surface area contributed by atoms with Gasteiger partial charge in [0.05, 0.1) is 11.1 Å². The normalized spacial score (nSPS) is 17.5. The summed E-state index contributed by atoms with van der Waals surface area (Å²) < 4.78 is 78.3. The summed E-state index contributed by atoms with van der Waals surface area (Å²) >= 11 is 0. The standard InChI is InChI=1S/C23H20F6O/c24-22(25,26)18-13-16(14-19(15-18)23(27,28)29)5-4-10-21(11-8-20(30)9-12-21)17-6-2-1-3-7-17/h1-4,6-7,10,13-15H,5,8-9,11-12H2/b10-4+. The van der Waals surface area contributed by atoms with Gasteiger partial charge in [-0.2, -0.15) is 26.3 Å². The van der Waals surface area contributed by atoms with Gasteiger partial charge in [-0.1, -0.05) is 42.5 Å². The van der Waals surface area contributed by atoms with Crippen LogP contribution in [0.15, 0.2) is 60.7 Å². The van der Waals surface area contributed by atoms with Crippen molar-refractivity contribution in [2.24, 2.45) is 0 Å². The minimum Gasteiger partial charge on any atom is -0.300 e. The number of halogens is 6. The van der Waals surface area contributed by atoms with E-state index in [0.29, 0.717) is 25.7 Å². The first-order valence-corrected chi connectivity index (χ1v) is 9.53. The lowest BCUT2D eigenvalue weighted by molar-refractivity contribution is -0.143. The minimum absolute atomic E-state index is 0.0662. The summed E-state index contributed by atoms with van der Waals surface area (Å²) in [6, 6.07) is 11.1. The van der Waals surface area contributed by atoms with Crippen molar-refractivity contribution >= 4 is 5.78 Å². The number of carbonyl (C=O) groups is 1. The molecule has 0 amide bonds. The van der Waals surface area contributed by atoms with Crippen molar-refractivity contribution in [3.05, 3.63) is 82.9 Å². The molecule has 0 spiro atoms. The van der Waals surface area contributed by atoms with Gasteiger partial charge in [-0.25, -0.2) is 0 Å². The number of benzene rings is 2. The molecule has 0 aliphatic heterocycles. The van der Waals surface area contributed by atoms with E-state index < -0.39 is 28.9 Å². The Morgan fingerprint density at radius 3 is 1.87 bits per heavy atom. The Morgan fingerprint density at radius 2 is 1.37 bits per heavy atom. The molecule has 0 radical (unpaired) electrons. The van der Waals surface area contributed by atoms with Crippen molar-refractivity contribution in [2.75, 3.05) is 0 Å². The van der Waals surface area contributed by atoms with Crippen molar-refractivity contribution in [1.29, 1.82) is 0 Å². The minimum atomic E-state index is -4.87. The fourth-order valence-corrected chi connectivity index (χ4v) is 3.85. The van der Waals surface area contributed by atoms with Gasteiger partial charge < -0.3 is 0 Å². The van der Waals surface area contributed by atoms with E-state index in [0.717, 1.165) is 17.7 Å². The second-order valence-corrected chi connectivity index (χ2v) is 7.58. The second kappa shape index (κ2) is 8.28. The van der Waals surface area contributed by atoms with Gasteiger partial charge in [-0.05, 0) is 48.6 Å². The van der Waals surface area contributed by atoms with Crippen molar-refractivity contribution in [1.82, 2.24) is 0 Å². The summed E-state index contributed by atoms with van der Waals surface area (Å²) in [6.07, 6.45) is -4.47. The number of ketones is 1. The summed E-state index contributed by atoms with van der Waals surface area (Å²) in [7, 11) is 0. The van der Waals surface area contributed by atoms with Crippen LogP contribution in [-0.4, -0.2) is 5.78 Å². The molecule has 160 valence electrons. The van der Waals surface area contributed by atoms with Crippen LogP contribution in [0.4, 0.5) is 26.3 Å². The highest BCUT2D eigenvalue weighted by molar-refractivity contribution is 5.79. The van der Waals surface area contributed by atoms with Crippen LogP contribution in [0.2, 0.25) is 0 Å². The van der Waals surface area contributed by atoms with E-state index in [2.05, 4.69) is 0 Å². The predicted octanol–water partition coefficient (Wildman–Crippen LogP) is 6.90. The number of Topliss-reactive ketones (excluding diaryl/α,β-unsaturated/α-hetero) is 1. The molecule has 2 aromatic rings. The van der Waals surface area contributed by atoms with Gasteiger partial charge in [0.25, 0.3) is 0 Å². The molecule has 3 rings (SSSR count). The molecule has 1 nitrogen and oxygen atoms in total. The van der Waals surface area contributed by atoms with Gasteiger partial charge in [0, 0.05) is 18.3 Å². The molecule has 0 N–H and O–H groups in total. The largest absolute Gasteiger partial charge is 0.416 e. The van der Waals surface area contributed by atoms with E-state index >= 15 is 0 Å². The summed E-state index contributed by atoms with van der Waals surface area (Å²) in [6.45, 7) is 0. The first-order chi connectivity index (χ1) is 14.0. The van der Waals surface area contributed by atoms with Gasteiger partial charge in [0.1, 0.15) is 5.78 Å². The first kappa shape index (κ1) is 22.1. The summed E-state index contributed by atoms with van der Waals surface area (Å²) in [5.41, 5.74) is -2.18. The fraction of sp³-hybridized carbons (Fsp3) is 0.348. The molecule has 7 heteroatoms. The van der Waals surface area contributed by atoms with Gasteiger partial charge >= 0.3 is 12.4 Å². The lowest BCUT2D eigenvalue weighted by atomic mass is 9.69. The maximum atomic E-state index is 13.1. The Kier molecular flexibility index (Phi) is 6.11. The van der Waals surface area contributed by atoms with Gasteiger partial charge in [0.15, 0.2) is 0 Å². The van der Waals surface area contributed by atoms with Crippen LogP contribution < -0.4 is 0 Å². The molecule has 1 aliphatic carbocycles. The van der Waals surface area contributed by atoms with Crippen molar-refractivity contribution in [2.45, 2.75) is 49.9 Å². The van der Waals surface area contributed by atoms with Crippen molar-refractivity contribution < 1.29 is 31.1 Å². The molecule has 1 saturated carbocycles. The highest BCUT2D eigenvalue weighted by Gasteiger charge is 2.37. The monoisotopic (exact) mass is 426 g/mol. The van der Waals surface area contributed by atoms with Crippen LogP contribution in [0.3, 0.4) is 0 Å². The lowest BCUT2D eigenvalue weighted by Crippen LogP contribution is -2.30. The summed E-state index contributed by atoms with van der Waals surface area (Å²) in [5.74, 6) is 0.155. The molecule has 0 unspecified atom stereocenters. The molecule has 30 heavy (non-hydrogen) atoms. The Balaban J connectivity index is 1.91. The molecule has 0 atom stereocenters. The third-order valence-electron chi connectivity index (χ3n) is 5.49. The fourth-order valence-electron chi connectivity index (χ4n) is 3.85. The van der Waals surface area contributed by atoms with E-state index in [1.807, 2.05) is 36.4 Å². The molecule has 2 aromatic carbocycles. The molecule has 0 bridgehead atoms. The molecular formula is C23H20F6O. The highest BCUT2D eigenvalue weighted by atomic mass is 19.4. The Hall–Kier alpha value is -2.57. The lowest BCUT2D eigenvalue weighted by Gasteiger charge is -2.34. The number of allylic oxidation sites excluding steroid dienone is 2. The summed E-state index contributed by atoms with van der Waals surface area (Å²) in [5, 5.41) is 0. The van der Waals surface area contributed by atoms with E-state index in [1.165, 1.54) is 0 Å². The van der Waals surface area contributed by atoms with Gasteiger partial charge in [0.2, 0.25) is 0 Å². The SMILES string of the molecule is O=C1CCC(/C=C/Cc2cc(C(F)(F)F)cc(C(F)(F)F)c2)(c2ccccc2)CC1. The molecule has 0 saturated heterocycles. The number of rotatable bonds is 4. The molecule has 1 aliphatic rings. The average molecular weight is 426 g/mol. The van der Waals surface area contributed by atoms with Crippen LogP contribution in [0.25, 0.3) is 0 Å². The highest BCUT2D eigenvalue weighted by Crippen LogP contribution is 2.40. The average Bonchev–Trinajstić information content (AvgIpc) is 2.69. The van der Waals surface area contributed by atoms with Crippen LogP contribution in [-0.2, 0) is 29.0 Å². The number of carbonyl (C=O) groups excluding carboxylic acids is 1. The number of hydrogen-bond acceptors (Lipinski definition) is 1. The quantitative estimate of drug-likeness (QED) is 0.384. The molecule has 0 heterocycles. The zero-order valence-electron chi connectivity index (χ0n) is 16.0. The van der Waals surface area contributed by atoms with Gasteiger partial charge in [-0.15, -0.1) is 0 Å². The number of alkyl halides is 6. The summed E-state index contributed by atoms with van der Waals surface area (Å²) in [4.78, 5) is 11.7. The van der Waals surface area contributed by atoms with Crippen LogP contribution in [0.1, 0.15) is 47.9 Å². The zero-order valence-corrected chi connectivity index (χ0v) is 16.0. The Bertz CT molecular complexity index is 883. The topological polar surface area (TPSA) is 17.1 Å². The smallest absolute Gasteiger partial charge is 0.300 e. The van der Waals surface area contributed by atoms with Crippen molar-refractivity contribution in [3.8, 4) is 0 Å². The predicted molar refractivity (Wildman–Crippen MR) is 101 cm³/mol. The third kappa shape index (κ3) is 5.12. The molecule has 0 aromatic heterocycles. The third-order valence-corrected chi connectivity index (χ3v) is 5.49. The van der Waals surface area contributed by atoms with Crippen molar-refractivity contribution in [3.63, 3.8) is 0 Å². The Morgan fingerprint density at radius 1 is 0.833 bits per heavy atom. The second-order valence-electron chi connectivity index (χ2n) is 7.58. The molecule has 1 fully saturated rings. The first-order valence-electron chi connectivity index (χ1n) is 9.53. The van der Waals surface area contributed by atoms with Gasteiger partial charge in [-0.3, -0.25) is 4.79 Å². The van der Waals surface area contributed by atoms with E-state index in [1.54, 1.807) is 6.08 Å².